The van der Waals surface area contributed by atoms with Gasteiger partial charge in [-0.15, -0.1) is 0 Å². The van der Waals surface area contributed by atoms with Crippen LogP contribution >= 0.6 is 0 Å². The molecule has 1 saturated heterocycles. The summed E-state index contributed by atoms with van der Waals surface area (Å²) in [6.07, 6.45) is 9.37. The van der Waals surface area contributed by atoms with Gasteiger partial charge in [0.25, 0.3) is 0 Å². The molecule has 0 saturated carbocycles. The minimum atomic E-state index is 0.252. The summed E-state index contributed by atoms with van der Waals surface area (Å²) in [5.74, 6) is 2.56. The van der Waals surface area contributed by atoms with Crippen LogP contribution in [-0.4, -0.2) is 45.5 Å². The summed E-state index contributed by atoms with van der Waals surface area (Å²) in [4.78, 5) is 7.32. The van der Waals surface area contributed by atoms with Crippen molar-refractivity contribution < 1.29 is 9.47 Å². The highest BCUT2D eigenvalue weighted by Gasteiger charge is 2.25. The van der Waals surface area contributed by atoms with Crippen molar-refractivity contribution in [2.45, 2.75) is 51.7 Å². The Morgan fingerprint density at radius 2 is 1.97 bits per heavy atom. The zero-order valence-corrected chi connectivity index (χ0v) is 19.3. The fraction of sp³-hybridized carbons (Fsp3) is 0.462. The number of hydrogen-bond donors (Lipinski definition) is 0. The first-order valence-electron chi connectivity index (χ1n) is 11.7. The number of hydrogen-bond acceptors (Lipinski definition) is 5. The fourth-order valence-electron chi connectivity index (χ4n) is 4.91. The second-order valence-corrected chi connectivity index (χ2v) is 9.06. The highest BCUT2D eigenvalue weighted by atomic mass is 16.5. The molecule has 2 aliphatic rings. The van der Waals surface area contributed by atoms with Crippen LogP contribution in [-0.2, 0) is 20.0 Å². The number of fused-ring (bicyclic) bond motifs is 1. The summed E-state index contributed by atoms with van der Waals surface area (Å²) in [7, 11) is 1.94. The van der Waals surface area contributed by atoms with Crippen LogP contribution in [0.4, 0.5) is 0 Å². The SMILES string of the molecule is CCOc1cc2c(cc1CN1CCC(c3ccc(-c4cnn(C)c4)cn3)CC1)O[C@@H](C)C2. The van der Waals surface area contributed by atoms with Crippen LogP contribution in [0.15, 0.2) is 42.9 Å². The third-order valence-corrected chi connectivity index (χ3v) is 6.60. The van der Waals surface area contributed by atoms with Gasteiger partial charge in [-0.2, -0.15) is 5.10 Å². The molecule has 4 heterocycles. The number of piperidine rings is 1. The van der Waals surface area contributed by atoms with Gasteiger partial charge in [-0.1, -0.05) is 6.07 Å². The smallest absolute Gasteiger partial charge is 0.124 e. The van der Waals surface area contributed by atoms with Crippen molar-refractivity contribution in [3.05, 3.63) is 59.7 Å². The number of pyridine rings is 1. The van der Waals surface area contributed by atoms with Crippen LogP contribution in [0, 0.1) is 0 Å². The molecule has 5 rings (SSSR count). The molecule has 0 radical (unpaired) electrons. The molecule has 2 aromatic heterocycles. The largest absolute Gasteiger partial charge is 0.494 e. The molecule has 3 aromatic rings. The molecule has 0 amide bonds. The molecule has 1 aromatic carbocycles. The maximum Gasteiger partial charge on any atom is 0.124 e. The molecule has 32 heavy (non-hydrogen) atoms. The van der Waals surface area contributed by atoms with Gasteiger partial charge in [0.15, 0.2) is 0 Å². The lowest BCUT2D eigenvalue weighted by Crippen LogP contribution is -2.32. The van der Waals surface area contributed by atoms with E-state index >= 15 is 0 Å². The van der Waals surface area contributed by atoms with E-state index < -0.39 is 0 Å². The topological polar surface area (TPSA) is 52.4 Å². The summed E-state index contributed by atoms with van der Waals surface area (Å²) in [5, 5.41) is 4.26. The monoisotopic (exact) mass is 432 g/mol. The Morgan fingerprint density at radius 1 is 1.12 bits per heavy atom. The quantitative estimate of drug-likeness (QED) is 0.571. The van der Waals surface area contributed by atoms with Gasteiger partial charge in [-0.25, -0.2) is 0 Å². The normalized spacial score (nSPS) is 19.0. The molecule has 0 unspecified atom stereocenters. The van der Waals surface area contributed by atoms with E-state index in [0.717, 1.165) is 61.5 Å². The maximum atomic E-state index is 6.00. The first-order valence-corrected chi connectivity index (χ1v) is 11.7. The van der Waals surface area contributed by atoms with E-state index in [1.54, 1.807) is 0 Å². The number of benzene rings is 1. The lowest BCUT2D eigenvalue weighted by Gasteiger charge is -2.32. The molecule has 6 nitrogen and oxygen atoms in total. The van der Waals surface area contributed by atoms with Crippen LogP contribution in [0.3, 0.4) is 0 Å². The number of likely N-dealkylation sites (tertiary alicyclic amines) is 1. The summed E-state index contributed by atoms with van der Waals surface area (Å²) < 4.78 is 13.8. The van der Waals surface area contributed by atoms with Crippen LogP contribution in [0.5, 0.6) is 11.5 Å². The van der Waals surface area contributed by atoms with Crippen molar-refractivity contribution in [2.75, 3.05) is 19.7 Å². The predicted octanol–water partition coefficient (Wildman–Crippen LogP) is 4.58. The molecule has 1 fully saturated rings. The van der Waals surface area contributed by atoms with Crippen LogP contribution in [0.25, 0.3) is 11.1 Å². The molecular weight excluding hydrogens is 400 g/mol. The average molecular weight is 433 g/mol. The number of aromatic nitrogens is 3. The highest BCUT2D eigenvalue weighted by molar-refractivity contribution is 5.60. The zero-order valence-electron chi connectivity index (χ0n) is 19.3. The third kappa shape index (κ3) is 4.37. The van der Waals surface area contributed by atoms with E-state index in [1.807, 2.05) is 37.2 Å². The standard InChI is InChI=1S/C26H32N4O2/c1-4-31-25-12-21-11-18(2)32-26(21)13-22(25)17-30-9-7-19(8-10-30)24-6-5-20(14-27-24)23-15-28-29(3)16-23/h5-6,12-16,18-19H,4,7-11,17H2,1-3H3/t18-/m0/s1. The van der Waals surface area contributed by atoms with Crippen LogP contribution < -0.4 is 9.47 Å². The van der Waals surface area contributed by atoms with Gasteiger partial charge in [0, 0.05) is 66.3 Å². The zero-order chi connectivity index (χ0) is 22.1. The van der Waals surface area contributed by atoms with Crippen molar-refractivity contribution in [3.63, 3.8) is 0 Å². The summed E-state index contributed by atoms with van der Waals surface area (Å²) >= 11 is 0. The minimum absolute atomic E-state index is 0.252. The Hall–Kier alpha value is -2.86. The van der Waals surface area contributed by atoms with Gasteiger partial charge in [0.1, 0.15) is 17.6 Å². The molecule has 1 atom stereocenters. The molecule has 0 bridgehead atoms. The molecule has 2 aliphatic heterocycles. The molecule has 6 heteroatoms. The molecule has 168 valence electrons. The summed E-state index contributed by atoms with van der Waals surface area (Å²) in [6.45, 7) is 7.90. The van der Waals surface area contributed by atoms with E-state index in [-0.39, 0.29) is 6.10 Å². The Kier molecular flexibility index (Phi) is 5.87. The van der Waals surface area contributed by atoms with E-state index in [0.29, 0.717) is 12.5 Å². The van der Waals surface area contributed by atoms with Gasteiger partial charge in [-0.05, 0) is 58.0 Å². The van der Waals surface area contributed by atoms with Gasteiger partial charge >= 0.3 is 0 Å². The Labute approximate surface area is 190 Å². The second-order valence-electron chi connectivity index (χ2n) is 9.06. The highest BCUT2D eigenvalue weighted by Crippen LogP contribution is 2.36. The number of rotatable bonds is 6. The lowest BCUT2D eigenvalue weighted by atomic mass is 9.92. The maximum absolute atomic E-state index is 6.00. The van der Waals surface area contributed by atoms with Crippen molar-refractivity contribution in [3.8, 4) is 22.6 Å². The summed E-state index contributed by atoms with van der Waals surface area (Å²) in [5.41, 5.74) is 5.93. The molecule has 0 aliphatic carbocycles. The Morgan fingerprint density at radius 3 is 2.66 bits per heavy atom. The van der Waals surface area contributed by atoms with Gasteiger partial charge in [-0.3, -0.25) is 14.6 Å². The Bertz CT molecular complexity index is 1070. The van der Waals surface area contributed by atoms with Crippen LogP contribution in [0.1, 0.15) is 49.4 Å². The lowest BCUT2D eigenvalue weighted by molar-refractivity contribution is 0.199. The number of nitrogens with zero attached hydrogens (tertiary/aromatic N) is 4. The number of ether oxygens (including phenoxy) is 2. The first kappa shape index (κ1) is 21.0. The van der Waals surface area contributed by atoms with Crippen molar-refractivity contribution in [1.82, 2.24) is 19.7 Å². The second kappa shape index (κ2) is 8.94. The minimum Gasteiger partial charge on any atom is -0.494 e. The first-order chi connectivity index (χ1) is 15.6. The number of aryl methyl sites for hydroxylation is 1. The Balaban J connectivity index is 1.22. The van der Waals surface area contributed by atoms with Gasteiger partial charge < -0.3 is 9.47 Å². The van der Waals surface area contributed by atoms with E-state index in [4.69, 9.17) is 14.5 Å². The van der Waals surface area contributed by atoms with Crippen LogP contribution in [0.2, 0.25) is 0 Å². The van der Waals surface area contributed by atoms with Crippen molar-refractivity contribution in [2.24, 2.45) is 7.05 Å². The van der Waals surface area contributed by atoms with Gasteiger partial charge in [0.05, 0.1) is 12.8 Å². The van der Waals surface area contributed by atoms with E-state index in [1.165, 1.54) is 16.8 Å². The molecule has 0 spiro atoms. The third-order valence-electron chi connectivity index (χ3n) is 6.60. The fourth-order valence-corrected chi connectivity index (χ4v) is 4.91. The molecular formula is C26H32N4O2. The average Bonchev–Trinajstić information content (AvgIpc) is 3.39. The predicted molar refractivity (Wildman–Crippen MR) is 125 cm³/mol. The van der Waals surface area contributed by atoms with E-state index in [9.17, 15) is 0 Å². The van der Waals surface area contributed by atoms with Gasteiger partial charge in [0.2, 0.25) is 0 Å². The summed E-state index contributed by atoms with van der Waals surface area (Å²) in [6, 6.07) is 8.76. The van der Waals surface area contributed by atoms with Crippen molar-refractivity contribution >= 4 is 0 Å². The van der Waals surface area contributed by atoms with Crippen molar-refractivity contribution in [1.29, 1.82) is 0 Å². The van der Waals surface area contributed by atoms with E-state index in [2.05, 4.69) is 41.2 Å². The molecule has 0 N–H and O–H groups in total.